The van der Waals surface area contributed by atoms with Crippen LogP contribution in [-0.2, 0) is 11.3 Å². The molecular formula is C18H15BrFNO3. The lowest BCUT2D eigenvalue weighted by Crippen LogP contribution is -2.24. The average Bonchev–Trinajstić information content (AvgIpc) is 3.03. The van der Waals surface area contributed by atoms with Crippen LogP contribution >= 0.6 is 15.9 Å². The van der Waals surface area contributed by atoms with E-state index >= 15 is 0 Å². The van der Waals surface area contributed by atoms with E-state index in [9.17, 15) is 9.18 Å². The van der Waals surface area contributed by atoms with Gasteiger partial charge in [0.05, 0.1) is 0 Å². The Morgan fingerprint density at radius 1 is 1.25 bits per heavy atom. The van der Waals surface area contributed by atoms with Gasteiger partial charge < -0.3 is 14.4 Å². The number of carbonyl (C=O) groups excluding carboxylic acids is 1. The number of fused-ring (bicyclic) bond motifs is 1. The fourth-order valence-electron chi connectivity index (χ4n) is 2.32. The van der Waals surface area contributed by atoms with Gasteiger partial charge in [0.1, 0.15) is 5.82 Å². The van der Waals surface area contributed by atoms with Gasteiger partial charge in [0.15, 0.2) is 11.5 Å². The van der Waals surface area contributed by atoms with Gasteiger partial charge in [-0.15, -0.1) is 0 Å². The van der Waals surface area contributed by atoms with E-state index in [1.807, 2.05) is 18.2 Å². The third kappa shape index (κ3) is 3.76. The summed E-state index contributed by atoms with van der Waals surface area (Å²) in [6.07, 6.45) is 2.83. The maximum absolute atomic E-state index is 13.7. The molecule has 0 spiro atoms. The molecule has 4 nitrogen and oxygen atoms in total. The Morgan fingerprint density at radius 2 is 2.04 bits per heavy atom. The fourth-order valence-corrected chi connectivity index (χ4v) is 2.70. The van der Waals surface area contributed by atoms with Gasteiger partial charge in [0, 0.05) is 29.7 Å². The van der Waals surface area contributed by atoms with Crippen LogP contribution in [0.5, 0.6) is 11.5 Å². The first-order valence-corrected chi connectivity index (χ1v) is 8.09. The van der Waals surface area contributed by atoms with Crippen LogP contribution in [0.1, 0.15) is 11.1 Å². The summed E-state index contributed by atoms with van der Waals surface area (Å²) in [6.45, 7) is 0.634. The number of ether oxygens (including phenoxy) is 2. The Balaban J connectivity index is 1.66. The van der Waals surface area contributed by atoms with Crippen molar-refractivity contribution in [3.63, 3.8) is 0 Å². The predicted molar refractivity (Wildman–Crippen MR) is 92.2 cm³/mol. The van der Waals surface area contributed by atoms with E-state index in [0.29, 0.717) is 23.6 Å². The number of benzene rings is 2. The molecule has 0 saturated heterocycles. The molecule has 124 valence electrons. The highest BCUT2D eigenvalue weighted by atomic mass is 79.9. The molecule has 2 aromatic rings. The average molecular weight is 392 g/mol. The molecule has 0 radical (unpaired) electrons. The van der Waals surface area contributed by atoms with Crippen LogP contribution < -0.4 is 9.47 Å². The van der Waals surface area contributed by atoms with Crippen molar-refractivity contribution in [2.45, 2.75) is 6.54 Å². The van der Waals surface area contributed by atoms with Crippen molar-refractivity contribution in [3.8, 4) is 11.5 Å². The summed E-state index contributed by atoms with van der Waals surface area (Å²) in [5.74, 6) is 0.797. The molecule has 24 heavy (non-hydrogen) atoms. The van der Waals surface area contributed by atoms with Gasteiger partial charge in [-0.05, 0) is 42.0 Å². The third-order valence-corrected chi connectivity index (χ3v) is 4.09. The van der Waals surface area contributed by atoms with Crippen LogP contribution in [0.3, 0.4) is 0 Å². The second kappa shape index (κ2) is 7.05. The molecule has 3 rings (SSSR count). The first-order chi connectivity index (χ1) is 11.5. The van der Waals surface area contributed by atoms with Gasteiger partial charge in [-0.2, -0.15) is 0 Å². The zero-order valence-electron chi connectivity index (χ0n) is 13.0. The molecule has 0 atom stereocenters. The lowest BCUT2D eigenvalue weighted by atomic mass is 10.1. The molecule has 6 heteroatoms. The van der Waals surface area contributed by atoms with E-state index in [1.165, 1.54) is 18.2 Å². The first kappa shape index (κ1) is 16.5. The van der Waals surface area contributed by atoms with Gasteiger partial charge in [-0.1, -0.05) is 22.0 Å². The van der Waals surface area contributed by atoms with Gasteiger partial charge >= 0.3 is 0 Å². The van der Waals surface area contributed by atoms with E-state index in [-0.39, 0.29) is 18.5 Å². The highest BCUT2D eigenvalue weighted by Gasteiger charge is 2.14. The normalized spacial score (nSPS) is 12.6. The van der Waals surface area contributed by atoms with Crippen molar-refractivity contribution in [1.29, 1.82) is 0 Å². The maximum atomic E-state index is 13.7. The number of amides is 1. The van der Waals surface area contributed by atoms with Crippen LogP contribution in [-0.4, -0.2) is 24.6 Å². The van der Waals surface area contributed by atoms with Crippen molar-refractivity contribution in [2.24, 2.45) is 0 Å². The summed E-state index contributed by atoms with van der Waals surface area (Å²) in [5, 5.41) is 0. The van der Waals surface area contributed by atoms with Crippen LogP contribution in [0.2, 0.25) is 0 Å². The van der Waals surface area contributed by atoms with E-state index < -0.39 is 0 Å². The quantitative estimate of drug-likeness (QED) is 0.739. The molecule has 0 N–H and O–H groups in total. The van der Waals surface area contributed by atoms with Crippen molar-refractivity contribution in [3.05, 3.63) is 63.9 Å². The number of nitrogens with zero attached hydrogens (tertiary/aromatic N) is 1. The Bertz CT molecular complexity index is 807. The summed E-state index contributed by atoms with van der Waals surface area (Å²) in [4.78, 5) is 13.7. The number of hydrogen-bond acceptors (Lipinski definition) is 3. The Kier molecular flexibility index (Phi) is 4.85. The molecule has 0 unspecified atom stereocenters. The van der Waals surface area contributed by atoms with Crippen molar-refractivity contribution < 1.29 is 18.7 Å². The van der Waals surface area contributed by atoms with E-state index in [1.54, 1.807) is 24.1 Å². The molecule has 0 fully saturated rings. The minimum Gasteiger partial charge on any atom is -0.454 e. The molecule has 0 saturated carbocycles. The zero-order chi connectivity index (χ0) is 17.1. The SMILES string of the molecule is CN(Cc1ccc2c(c1)OCO2)C(=O)/C=C/c1cc(Br)ccc1F. The predicted octanol–water partition coefficient (Wildman–Crippen LogP) is 3.99. The van der Waals surface area contributed by atoms with E-state index in [4.69, 9.17) is 9.47 Å². The summed E-state index contributed by atoms with van der Waals surface area (Å²) in [6, 6.07) is 10.1. The maximum Gasteiger partial charge on any atom is 0.246 e. The summed E-state index contributed by atoms with van der Waals surface area (Å²) in [5.41, 5.74) is 1.28. The highest BCUT2D eigenvalue weighted by molar-refractivity contribution is 9.10. The first-order valence-electron chi connectivity index (χ1n) is 7.30. The minimum absolute atomic E-state index is 0.216. The van der Waals surface area contributed by atoms with Gasteiger partial charge in [0.25, 0.3) is 0 Å². The van der Waals surface area contributed by atoms with Crippen LogP contribution in [0, 0.1) is 5.82 Å². The standard InChI is InChI=1S/C18H15BrFNO3/c1-21(10-12-2-6-16-17(8-12)24-11-23-16)18(22)7-3-13-9-14(19)4-5-15(13)20/h2-9H,10-11H2,1H3/b7-3+. The molecule has 1 aliphatic rings. The second-order valence-electron chi connectivity index (χ2n) is 5.38. The van der Waals surface area contributed by atoms with Crippen molar-refractivity contribution >= 4 is 27.9 Å². The van der Waals surface area contributed by atoms with Gasteiger partial charge in [0.2, 0.25) is 12.7 Å². The molecule has 0 aliphatic carbocycles. The molecule has 1 amide bonds. The fraction of sp³-hybridized carbons (Fsp3) is 0.167. The summed E-state index contributed by atoms with van der Waals surface area (Å²) < 4.78 is 25.0. The monoisotopic (exact) mass is 391 g/mol. The molecule has 0 bridgehead atoms. The molecule has 1 aliphatic heterocycles. The van der Waals surface area contributed by atoms with Gasteiger partial charge in [-0.3, -0.25) is 4.79 Å². The lowest BCUT2D eigenvalue weighted by molar-refractivity contribution is -0.125. The number of halogens is 2. The van der Waals surface area contributed by atoms with Crippen LogP contribution in [0.4, 0.5) is 4.39 Å². The lowest BCUT2D eigenvalue weighted by Gasteiger charge is -2.15. The van der Waals surface area contributed by atoms with Crippen molar-refractivity contribution in [2.75, 3.05) is 13.8 Å². The molecular weight excluding hydrogens is 377 g/mol. The summed E-state index contributed by atoms with van der Waals surface area (Å²) in [7, 11) is 1.69. The Hall–Kier alpha value is -2.34. The highest BCUT2D eigenvalue weighted by Crippen LogP contribution is 2.32. The number of hydrogen-bond donors (Lipinski definition) is 0. The topological polar surface area (TPSA) is 38.8 Å². The largest absolute Gasteiger partial charge is 0.454 e. The third-order valence-electron chi connectivity index (χ3n) is 3.60. The second-order valence-corrected chi connectivity index (χ2v) is 6.30. The number of carbonyl (C=O) groups is 1. The van der Waals surface area contributed by atoms with Gasteiger partial charge in [-0.25, -0.2) is 4.39 Å². The minimum atomic E-state index is -0.374. The number of likely N-dealkylation sites (N-methyl/N-ethyl adjacent to an activating group) is 1. The molecule has 0 aromatic heterocycles. The van der Waals surface area contributed by atoms with Crippen molar-refractivity contribution in [1.82, 2.24) is 4.90 Å². The van der Waals surface area contributed by atoms with Crippen LogP contribution in [0.15, 0.2) is 46.9 Å². The van der Waals surface area contributed by atoms with E-state index in [0.717, 1.165) is 10.0 Å². The Morgan fingerprint density at radius 3 is 2.88 bits per heavy atom. The molecule has 2 aromatic carbocycles. The zero-order valence-corrected chi connectivity index (χ0v) is 14.5. The summed E-state index contributed by atoms with van der Waals surface area (Å²) >= 11 is 3.28. The number of rotatable bonds is 4. The molecule has 1 heterocycles. The smallest absolute Gasteiger partial charge is 0.246 e. The van der Waals surface area contributed by atoms with E-state index in [2.05, 4.69) is 15.9 Å². The Labute approximate surface area is 147 Å². The van der Waals surface area contributed by atoms with Crippen LogP contribution in [0.25, 0.3) is 6.08 Å².